The first-order valence-corrected chi connectivity index (χ1v) is 6.04. The summed E-state index contributed by atoms with van der Waals surface area (Å²) >= 11 is 0. The van der Waals surface area contributed by atoms with Gasteiger partial charge in [0, 0.05) is 26.2 Å². The number of nitrogens with one attached hydrogen (secondary N) is 1. The lowest BCUT2D eigenvalue weighted by atomic mass is 10.2. The van der Waals surface area contributed by atoms with Gasteiger partial charge in [-0.2, -0.15) is 0 Å². The highest BCUT2D eigenvalue weighted by atomic mass is 19.1. The fraction of sp³-hybridized carbons (Fsp3) is 0.538. The summed E-state index contributed by atoms with van der Waals surface area (Å²) in [7, 11) is 1.92. The molecule has 94 valence electrons. The number of benzene rings is 1. The molecule has 1 N–H and O–H groups in total. The zero-order chi connectivity index (χ0) is 12.1. The lowest BCUT2D eigenvalue weighted by molar-refractivity contribution is 0.0749. The summed E-state index contributed by atoms with van der Waals surface area (Å²) in [4.78, 5) is 1.95. The molecule has 0 spiro atoms. The maximum Gasteiger partial charge on any atom is 0.146 e. The number of hydrogen-bond donors (Lipinski definition) is 1. The van der Waals surface area contributed by atoms with Crippen molar-refractivity contribution in [2.45, 2.75) is 12.5 Å². The van der Waals surface area contributed by atoms with Gasteiger partial charge in [0.05, 0.1) is 18.9 Å². The van der Waals surface area contributed by atoms with Crippen molar-refractivity contribution in [3.05, 3.63) is 30.1 Å². The summed E-state index contributed by atoms with van der Waals surface area (Å²) in [5.74, 6) is -0.164. The summed E-state index contributed by atoms with van der Waals surface area (Å²) in [6, 6.07) is 7.26. The van der Waals surface area contributed by atoms with Crippen molar-refractivity contribution in [1.29, 1.82) is 0 Å². The third-order valence-electron chi connectivity index (χ3n) is 3.08. The fourth-order valence-electron chi connectivity index (χ4n) is 2.04. The lowest BCUT2D eigenvalue weighted by Gasteiger charge is -2.27. The number of nitrogens with zero attached hydrogens (tertiary/aromatic N) is 1. The minimum atomic E-state index is -0.164. The van der Waals surface area contributed by atoms with Crippen LogP contribution < -0.4 is 10.2 Å². The second-order valence-corrected chi connectivity index (χ2v) is 4.39. The molecule has 2 rings (SSSR count). The van der Waals surface area contributed by atoms with Crippen molar-refractivity contribution in [3.8, 4) is 0 Å². The van der Waals surface area contributed by atoms with E-state index in [-0.39, 0.29) is 5.82 Å². The van der Waals surface area contributed by atoms with Gasteiger partial charge in [-0.25, -0.2) is 4.39 Å². The molecule has 1 heterocycles. The second-order valence-electron chi connectivity index (χ2n) is 4.39. The normalized spacial score (nSPS) is 20.2. The SMILES string of the molecule is CN(CCC1COCCN1)c1ccccc1F. The average Bonchev–Trinajstić information content (AvgIpc) is 2.38. The van der Waals surface area contributed by atoms with Crippen molar-refractivity contribution in [2.75, 3.05) is 38.3 Å². The Labute approximate surface area is 102 Å². The molecule has 17 heavy (non-hydrogen) atoms. The van der Waals surface area contributed by atoms with Crippen molar-refractivity contribution < 1.29 is 9.13 Å². The van der Waals surface area contributed by atoms with Crippen LogP contribution in [0.3, 0.4) is 0 Å². The smallest absolute Gasteiger partial charge is 0.146 e. The summed E-state index contributed by atoms with van der Waals surface area (Å²) in [5.41, 5.74) is 0.657. The summed E-state index contributed by atoms with van der Waals surface area (Å²) in [6.45, 7) is 3.28. The van der Waals surface area contributed by atoms with Crippen LogP contribution in [0.4, 0.5) is 10.1 Å². The van der Waals surface area contributed by atoms with E-state index in [1.54, 1.807) is 12.1 Å². The number of para-hydroxylation sites is 1. The number of morpholine rings is 1. The van der Waals surface area contributed by atoms with E-state index >= 15 is 0 Å². The van der Waals surface area contributed by atoms with Crippen LogP contribution in [0.2, 0.25) is 0 Å². The molecule has 1 saturated heterocycles. The Hall–Kier alpha value is -1.13. The van der Waals surface area contributed by atoms with Crippen LogP contribution in [-0.4, -0.2) is 39.4 Å². The van der Waals surface area contributed by atoms with Crippen LogP contribution in [0.25, 0.3) is 0 Å². The molecule has 1 unspecified atom stereocenters. The predicted molar refractivity (Wildman–Crippen MR) is 66.9 cm³/mol. The van der Waals surface area contributed by atoms with Gasteiger partial charge in [-0.3, -0.25) is 0 Å². The highest BCUT2D eigenvalue weighted by Crippen LogP contribution is 2.17. The molecule has 0 saturated carbocycles. The highest BCUT2D eigenvalue weighted by molar-refractivity contribution is 5.46. The van der Waals surface area contributed by atoms with Crippen LogP contribution in [-0.2, 0) is 4.74 Å². The number of anilines is 1. The van der Waals surface area contributed by atoms with Gasteiger partial charge in [0.1, 0.15) is 5.82 Å². The second kappa shape index (κ2) is 5.98. The Morgan fingerprint density at radius 3 is 3.00 bits per heavy atom. The zero-order valence-corrected chi connectivity index (χ0v) is 10.2. The molecule has 0 amide bonds. The molecule has 0 aromatic heterocycles. The van der Waals surface area contributed by atoms with E-state index in [1.807, 2.05) is 18.0 Å². The highest BCUT2D eigenvalue weighted by Gasteiger charge is 2.14. The molecule has 0 aliphatic carbocycles. The predicted octanol–water partition coefficient (Wildman–Crippen LogP) is 1.64. The van der Waals surface area contributed by atoms with Crippen LogP contribution in [0.5, 0.6) is 0 Å². The van der Waals surface area contributed by atoms with Gasteiger partial charge in [0.25, 0.3) is 0 Å². The Morgan fingerprint density at radius 1 is 1.47 bits per heavy atom. The Kier molecular flexibility index (Phi) is 4.34. The van der Waals surface area contributed by atoms with Crippen molar-refractivity contribution in [2.24, 2.45) is 0 Å². The van der Waals surface area contributed by atoms with Gasteiger partial charge in [-0.1, -0.05) is 12.1 Å². The van der Waals surface area contributed by atoms with Gasteiger partial charge in [-0.15, -0.1) is 0 Å². The van der Waals surface area contributed by atoms with Crippen LogP contribution in [0.15, 0.2) is 24.3 Å². The third-order valence-corrected chi connectivity index (χ3v) is 3.08. The van der Waals surface area contributed by atoms with E-state index < -0.39 is 0 Å². The van der Waals surface area contributed by atoms with E-state index in [0.29, 0.717) is 11.7 Å². The summed E-state index contributed by atoms with van der Waals surface area (Å²) in [6.07, 6.45) is 0.963. The van der Waals surface area contributed by atoms with Crippen LogP contribution in [0.1, 0.15) is 6.42 Å². The van der Waals surface area contributed by atoms with Crippen molar-refractivity contribution in [1.82, 2.24) is 5.32 Å². The molecule has 3 nitrogen and oxygen atoms in total. The number of hydrogen-bond acceptors (Lipinski definition) is 3. The van der Waals surface area contributed by atoms with E-state index in [1.165, 1.54) is 6.07 Å². The maximum absolute atomic E-state index is 13.5. The molecule has 1 aliphatic heterocycles. The minimum absolute atomic E-state index is 0.164. The van der Waals surface area contributed by atoms with Crippen molar-refractivity contribution in [3.63, 3.8) is 0 Å². The standard InChI is InChI=1S/C13H19FN2O/c1-16(13-5-3-2-4-12(13)14)8-6-11-10-17-9-7-15-11/h2-5,11,15H,6-10H2,1H3. The van der Waals surface area contributed by atoms with Gasteiger partial charge < -0.3 is 15.0 Å². The van der Waals surface area contributed by atoms with E-state index in [9.17, 15) is 4.39 Å². The number of halogens is 1. The first-order valence-electron chi connectivity index (χ1n) is 6.04. The topological polar surface area (TPSA) is 24.5 Å². The van der Waals surface area contributed by atoms with Gasteiger partial charge in [0.2, 0.25) is 0 Å². The quantitative estimate of drug-likeness (QED) is 0.863. The first-order chi connectivity index (χ1) is 8.27. The van der Waals surface area contributed by atoms with E-state index in [2.05, 4.69) is 5.32 Å². The fourth-order valence-corrected chi connectivity index (χ4v) is 2.04. The molecular formula is C13H19FN2O. The number of rotatable bonds is 4. The molecule has 1 atom stereocenters. The van der Waals surface area contributed by atoms with Gasteiger partial charge >= 0.3 is 0 Å². The van der Waals surface area contributed by atoms with Gasteiger partial charge in [-0.05, 0) is 18.6 Å². The first kappa shape index (κ1) is 12.3. The van der Waals surface area contributed by atoms with E-state index in [4.69, 9.17) is 4.74 Å². The zero-order valence-electron chi connectivity index (χ0n) is 10.2. The molecule has 1 fully saturated rings. The monoisotopic (exact) mass is 238 g/mol. The Balaban J connectivity index is 1.84. The lowest BCUT2D eigenvalue weighted by Crippen LogP contribution is -2.43. The van der Waals surface area contributed by atoms with Crippen molar-refractivity contribution >= 4 is 5.69 Å². The third kappa shape index (κ3) is 3.41. The molecule has 0 radical (unpaired) electrons. The largest absolute Gasteiger partial charge is 0.379 e. The number of ether oxygens (including phenoxy) is 1. The molecule has 4 heteroatoms. The minimum Gasteiger partial charge on any atom is -0.379 e. The molecule has 1 aliphatic rings. The molecule has 1 aromatic rings. The Bertz CT molecular complexity index is 353. The average molecular weight is 238 g/mol. The molecule has 0 bridgehead atoms. The summed E-state index contributed by atoms with van der Waals surface area (Å²) in [5, 5.41) is 3.40. The van der Waals surface area contributed by atoms with Crippen LogP contribution >= 0.6 is 0 Å². The molecule has 1 aromatic carbocycles. The maximum atomic E-state index is 13.5. The summed E-state index contributed by atoms with van der Waals surface area (Å²) < 4.78 is 18.9. The van der Waals surface area contributed by atoms with Gasteiger partial charge in [0.15, 0.2) is 0 Å². The van der Waals surface area contributed by atoms with Crippen LogP contribution in [0, 0.1) is 5.82 Å². The molecular weight excluding hydrogens is 219 g/mol. The van der Waals surface area contributed by atoms with E-state index in [0.717, 1.165) is 32.7 Å². The Morgan fingerprint density at radius 2 is 2.29 bits per heavy atom.